The topological polar surface area (TPSA) is 79.4 Å². The lowest BCUT2D eigenvalue weighted by molar-refractivity contribution is 0.0639. The summed E-state index contributed by atoms with van der Waals surface area (Å²) in [6.07, 6.45) is 4.71. The summed E-state index contributed by atoms with van der Waals surface area (Å²) in [6, 6.07) is 5.49. The van der Waals surface area contributed by atoms with E-state index in [2.05, 4.69) is 10.3 Å². The summed E-state index contributed by atoms with van der Waals surface area (Å²) in [6.45, 7) is 3.89. The molecule has 1 unspecified atom stereocenters. The fourth-order valence-corrected chi connectivity index (χ4v) is 4.96. The Bertz CT molecular complexity index is 869. The Kier molecular flexibility index (Phi) is 6.79. The van der Waals surface area contributed by atoms with Gasteiger partial charge in [-0.3, -0.25) is 9.78 Å². The third-order valence-electron chi connectivity index (χ3n) is 4.22. The first-order chi connectivity index (χ1) is 11.8. The number of thiophene rings is 1. The van der Waals surface area contributed by atoms with Gasteiger partial charge in [0.1, 0.15) is 0 Å². The number of rotatable bonds is 4. The van der Waals surface area contributed by atoms with E-state index in [9.17, 15) is 13.2 Å². The molecule has 1 aliphatic heterocycles. The van der Waals surface area contributed by atoms with Gasteiger partial charge in [-0.15, -0.1) is 23.7 Å². The molecule has 1 N–H and O–H groups in total. The van der Waals surface area contributed by atoms with Crippen LogP contribution in [0.25, 0.3) is 0 Å². The number of nitrogens with zero attached hydrogens (tertiary/aromatic N) is 2. The largest absolute Gasteiger partial charge is 0.328 e. The first-order valence-electron chi connectivity index (χ1n) is 8.04. The molecule has 3 rings (SSSR count). The number of nitrogens with one attached hydrogen (secondary N) is 1. The molecule has 0 radical (unpaired) electrons. The van der Waals surface area contributed by atoms with Crippen LogP contribution in [0.15, 0.2) is 30.6 Å². The zero-order valence-corrected chi connectivity index (χ0v) is 17.1. The lowest BCUT2D eigenvalue weighted by Crippen LogP contribution is -2.48. The van der Waals surface area contributed by atoms with Crippen molar-refractivity contribution in [3.05, 3.63) is 51.5 Å². The Labute approximate surface area is 164 Å². The standard InChI is InChI=1S/C17H21N3O3S2.ClH/c1-12-14(11-25(2,22)23)8-16(24-12)17(21)20-7-6-19-10-15(20)13-4-3-5-18-9-13;/h3-5,8-9,15,19H,6-7,10-11H2,1-2H3;1H. The molecule has 0 aliphatic carbocycles. The van der Waals surface area contributed by atoms with Crippen LogP contribution in [0.2, 0.25) is 0 Å². The van der Waals surface area contributed by atoms with E-state index in [0.717, 1.165) is 17.0 Å². The Morgan fingerprint density at radius 1 is 1.46 bits per heavy atom. The molecule has 1 fully saturated rings. The van der Waals surface area contributed by atoms with E-state index in [1.54, 1.807) is 18.5 Å². The minimum atomic E-state index is -3.13. The van der Waals surface area contributed by atoms with Crippen LogP contribution < -0.4 is 5.32 Å². The van der Waals surface area contributed by atoms with Gasteiger partial charge in [0.15, 0.2) is 9.84 Å². The van der Waals surface area contributed by atoms with E-state index >= 15 is 0 Å². The lowest BCUT2D eigenvalue weighted by atomic mass is 10.1. The van der Waals surface area contributed by atoms with E-state index < -0.39 is 9.84 Å². The van der Waals surface area contributed by atoms with Crippen LogP contribution in [-0.4, -0.2) is 50.1 Å². The summed E-state index contributed by atoms with van der Waals surface area (Å²) in [4.78, 5) is 20.5. The van der Waals surface area contributed by atoms with Crippen molar-refractivity contribution in [1.29, 1.82) is 0 Å². The van der Waals surface area contributed by atoms with E-state index in [4.69, 9.17) is 0 Å². The second kappa shape index (κ2) is 8.47. The van der Waals surface area contributed by atoms with Gasteiger partial charge in [-0.2, -0.15) is 0 Å². The molecular formula is C17H22ClN3O3S2. The first-order valence-corrected chi connectivity index (χ1v) is 10.9. The van der Waals surface area contributed by atoms with Crippen molar-refractivity contribution in [1.82, 2.24) is 15.2 Å². The van der Waals surface area contributed by atoms with Crippen LogP contribution in [0.5, 0.6) is 0 Å². The van der Waals surface area contributed by atoms with Crippen molar-refractivity contribution in [3.63, 3.8) is 0 Å². The van der Waals surface area contributed by atoms with Crippen LogP contribution in [0.3, 0.4) is 0 Å². The summed E-state index contributed by atoms with van der Waals surface area (Å²) < 4.78 is 23.1. The van der Waals surface area contributed by atoms with E-state index in [1.807, 2.05) is 24.0 Å². The van der Waals surface area contributed by atoms with Crippen molar-refractivity contribution >= 4 is 39.5 Å². The van der Waals surface area contributed by atoms with Gasteiger partial charge in [0.25, 0.3) is 5.91 Å². The van der Waals surface area contributed by atoms with Crippen LogP contribution >= 0.6 is 23.7 Å². The minimum Gasteiger partial charge on any atom is -0.328 e. The van der Waals surface area contributed by atoms with Gasteiger partial charge in [-0.25, -0.2) is 8.42 Å². The summed E-state index contributed by atoms with van der Waals surface area (Å²) in [5, 5.41) is 3.32. The number of hydrogen-bond acceptors (Lipinski definition) is 6. The fourth-order valence-electron chi connectivity index (χ4n) is 3.01. The van der Waals surface area contributed by atoms with Crippen molar-refractivity contribution in [2.24, 2.45) is 0 Å². The molecule has 142 valence electrons. The molecule has 0 bridgehead atoms. The van der Waals surface area contributed by atoms with Crippen molar-refractivity contribution < 1.29 is 13.2 Å². The zero-order chi connectivity index (χ0) is 18.0. The summed E-state index contributed by atoms with van der Waals surface area (Å²) in [7, 11) is -3.13. The third-order valence-corrected chi connectivity index (χ3v) is 6.14. The molecule has 3 heterocycles. The number of piperazine rings is 1. The Balaban J connectivity index is 0.00000243. The highest BCUT2D eigenvalue weighted by Crippen LogP contribution is 2.29. The molecule has 6 nitrogen and oxygen atoms in total. The maximum Gasteiger partial charge on any atom is 0.264 e. The molecule has 1 atom stereocenters. The number of amides is 1. The number of aromatic nitrogens is 1. The highest BCUT2D eigenvalue weighted by Gasteiger charge is 2.30. The molecule has 9 heteroatoms. The number of sulfone groups is 1. The first kappa shape index (κ1) is 20.8. The third kappa shape index (κ3) is 4.82. The lowest BCUT2D eigenvalue weighted by Gasteiger charge is -2.36. The number of halogens is 1. The second-order valence-corrected chi connectivity index (χ2v) is 9.66. The monoisotopic (exact) mass is 415 g/mol. The Morgan fingerprint density at radius 2 is 2.23 bits per heavy atom. The fraction of sp³-hybridized carbons (Fsp3) is 0.412. The van der Waals surface area contributed by atoms with Crippen LogP contribution in [-0.2, 0) is 15.6 Å². The minimum absolute atomic E-state index is 0. The molecule has 26 heavy (non-hydrogen) atoms. The normalized spacial score (nSPS) is 17.6. The molecule has 1 saturated heterocycles. The van der Waals surface area contributed by atoms with E-state index in [-0.39, 0.29) is 30.1 Å². The molecular weight excluding hydrogens is 394 g/mol. The number of pyridine rings is 1. The molecule has 2 aromatic rings. The van der Waals surface area contributed by atoms with Crippen molar-refractivity contribution in [2.75, 3.05) is 25.9 Å². The number of hydrogen-bond donors (Lipinski definition) is 1. The van der Waals surface area contributed by atoms with Crippen molar-refractivity contribution in [3.8, 4) is 0 Å². The highest BCUT2D eigenvalue weighted by atomic mass is 35.5. The summed E-state index contributed by atoms with van der Waals surface area (Å²) in [5.74, 6) is -0.0841. The summed E-state index contributed by atoms with van der Waals surface area (Å²) >= 11 is 1.36. The predicted molar refractivity (Wildman–Crippen MR) is 106 cm³/mol. The SMILES string of the molecule is Cc1sc(C(=O)N2CCNCC2c2cccnc2)cc1CS(C)(=O)=O.Cl. The highest BCUT2D eigenvalue weighted by molar-refractivity contribution is 7.89. The Hall–Kier alpha value is -1.48. The average molecular weight is 416 g/mol. The van der Waals surface area contributed by atoms with Gasteiger partial charge >= 0.3 is 0 Å². The molecule has 0 aromatic carbocycles. The van der Waals surface area contributed by atoms with Gasteiger partial charge in [0, 0.05) is 43.2 Å². The molecule has 1 aliphatic rings. The van der Waals surface area contributed by atoms with Gasteiger partial charge in [-0.05, 0) is 30.2 Å². The second-order valence-electron chi connectivity index (χ2n) is 6.27. The molecule has 0 spiro atoms. The van der Waals surface area contributed by atoms with Crippen molar-refractivity contribution in [2.45, 2.75) is 18.7 Å². The maximum absolute atomic E-state index is 13.1. The Morgan fingerprint density at radius 3 is 2.88 bits per heavy atom. The predicted octanol–water partition coefficient (Wildman–Crippen LogP) is 2.20. The van der Waals surface area contributed by atoms with Gasteiger partial charge < -0.3 is 10.2 Å². The molecule has 1 amide bonds. The van der Waals surface area contributed by atoms with E-state index in [1.165, 1.54) is 17.6 Å². The molecule has 2 aromatic heterocycles. The van der Waals surface area contributed by atoms with Crippen LogP contribution in [0, 0.1) is 6.92 Å². The van der Waals surface area contributed by atoms with Gasteiger partial charge in [-0.1, -0.05) is 6.07 Å². The van der Waals surface area contributed by atoms with Crippen LogP contribution in [0.1, 0.15) is 31.7 Å². The number of carbonyl (C=O) groups excluding carboxylic acids is 1. The number of aryl methyl sites for hydroxylation is 1. The average Bonchev–Trinajstić information content (AvgIpc) is 2.94. The molecule has 0 saturated carbocycles. The van der Waals surface area contributed by atoms with Gasteiger partial charge in [0.2, 0.25) is 0 Å². The quantitative estimate of drug-likeness (QED) is 0.828. The zero-order valence-electron chi connectivity index (χ0n) is 14.6. The maximum atomic E-state index is 13.1. The van der Waals surface area contributed by atoms with Gasteiger partial charge in [0.05, 0.1) is 16.7 Å². The van der Waals surface area contributed by atoms with Crippen LogP contribution in [0.4, 0.5) is 0 Å². The van der Waals surface area contributed by atoms with E-state index in [0.29, 0.717) is 23.5 Å². The smallest absolute Gasteiger partial charge is 0.264 e. The summed E-state index contributed by atoms with van der Waals surface area (Å²) in [5.41, 5.74) is 1.71. The number of carbonyl (C=O) groups is 1.